The van der Waals surface area contributed by atoms with Gasteiger partial charge in [0.25, 0.3) is 0 Å². The zero-order chi connectivity index (χ0) is 13.0. The van der Waals surface area contributed by atoms with Crippen LogP contribution >= 0.6 is 0 Å². The molecule has 0 aromatic heterocycles. The number of nitrogens with two attached hydrogens (primary N) is 1. The molecule has 0 saturated carbocycles. The van der Waals surface area contributed by atoms with Gasteiger partial charge < -0.3 is 5.73 Å². The lowest BCUT2D eigenvalue weighted by Gasteiger charge is -2.17. The average Bonchev–Trinajstić information content (AvgIpc) is 2.35. The fourth-order valence-corrected chi connectivity index (χ4v) is 2.00. The van der Waals surface area contributed by atoms with Crippen LogP contribution in [-0.4, -0.2) is 11.9 Å². The molecule has 0 amide bonds. The topological polar surface area (TPSA) is 29.3 Å². The molecule has 94 valence electrons. The predicted molar refractivity (Wildman–Crippen MR) is 77.2 cm³/mol. The lowest BCUT2D eigenvalue weighted by Crippen LogP contribution is -2.17. The molecule has 0 aliphatic rings. The third kappa shape index (κ3) is 3.60. The molecule has 0 fully saturated rings. The molecule has 2 aromatic carbocycles. The Kier molecular flexibility index (Phi) is 4.00. The summed E-state index contributed by atoms with van der Waals surface area (Å²) in [7, 11) is 2.14. The molecule has 2 aromatic rings. The number of nitrogens with zero attached hydrogens (tertiary/aromatic N) is 1. The first-order valence-corrected chi connectivity index (χ1v) is 6.22. The van der Waals surface area contributed by atoms with Crippen molar-refractivity contribution in [2.45, 2.75) is 20.0 Å². The van der Waals surface area contributed by atoms with Gasteiger partial charge >= 0.3 is 0 Å². The summed E-state index contributed by atoms with van der Waals surface area (Å²) in [5.41, 5.74) is 10.4. The summed E-state index contributed by atoms with van der Waals surface area (Å²) in [5.74, 6) is 0. The van der Waals surface area contributed by atoms with Gasteiger partial charge in [0.1, 0.15) is 0 Å². The Morgan fingerprint density at radius 2 is 1.28 bits per heavy atom. The molecule has 2 nitrogen and oxygen atoms in total. The Hall–Kier alpha value is -1.80. The lowest BCUT2D eigenvalue weighted by atomic mass is 10.1. The van der Waals surface area contributed by atoms with E-state index in [2.05, 4.69) is 55.3 Å². The van der Waals surface area contributed by atoms with Gasteiger partial charge in [0.05, 0.1) is 0 Å². The van der Waals surface area contributed by atoms with Gasteiger partial charge in [-0.3, -0.25) is 4.90 Å². The van der Waals surface area contributed by atoms with Crippen LogP contribution in [0.15, 0.2) is 48.5 Å². The second-order valence-electron chi connectivity index (χ2n) is 4.90. The molecule has 0 saturated heterocycles. The van der Waals surface area contributed by atoms with Gasteiger partial charge in [-0.2, -0.15) is 0 Å². The molecule has 2 N–H and O–H groups in total. The largest absolute Gasteiger partial charge is 0.399 e. The molecule has 2 heteroatoms. The second kappa shape index (κ2) is 5.69. The number of hydrogen-bond donors (Lipinski definition) is 1. The minimum Gasteiger partial charge on any atom is -0.399 e. The van der Waals surface area contributed by atoms with Crippen molar-refractivity contribution in [1.29, 1.82) is 0 Å². The van der Waals surface area contributed by atoms with Crippen molar-refractivity contribution in [3.05, 3.63) is 65.2 Å². The molecule has 0 unspecified atom stereocenters. The lowest BCUT2D eigenvalue weighted by molar-refractivity contribution is 0.319. The Balaban J connectivity index is 1.94. The van der Waals surface area contributed by atoms with E-state index in [-0.39, 0.29) is 0 Å². The highest BCUT2D eigenvalue weighted by atomic mass is 15.1. The average molecular weight is 240 g/mol. The van der Waals surface area contributed by atoms with Crippen LogP contribution in [0, 0.1) is 6.92 Å². The molecule has 18 heavy (non-hydrogen) atoms. The zero-order valence-electron chi connectivity index (χ0n) is 11.1. The van der Waals surface area contributed by atoms with Gasteiger partial charge in [-0.1, -0.05) is 42.0 Å². The summed E-state index contributed by atoms with van der Waals surface area (Å²) in [4.78, 5) is 2.30. The van der Waals surface area contributed by atoms with Crippen molar-refractivity contribution in [3.63, 3.8) is 0 Å². The van der Waals surface area contributed by atoms with Crippen LogP contribution in [0.4, 0.5) is 5.69 Å². The van der Waals surface area contributed by atoms with Crippen LogP contribution in [0.25, 0.3) is 0 Å². The van der Waals surface area contributed by atoms with Gasteiger partial charge in [0.15, 0.2) is 0 Å². The van der Waals surface area contributed by atoms with E-state index < -0.39 is 0 Å². The number of nitrogen functional groups attached to an aromatic ring is 1. The van der Waals surface area contributed by atoms with E-state index in [4.69, 9.17) is 5.73 Å². The fourth-order valence-electron chi connectivity index (χ4n) is 2.00. The first kappa shape index (κ1) is 12.7. The smallest absolute Gasteiger partial charge is 0.0314 e. The van der Waals surface area contributed by atoms with Crippen molar-refractivity contribution < 1.29 is 0 Å². The monoisotopic (exact) mass is 240 g/mol. The Morgan fingerprint density at radius 1 is 0.833 bits per heavy atom. The van der Waals surface area contributed by atoms with Crippen LogP contribution in [0.3, 0.4) is 0 Å². The molecule has 0 spiro atoms. The third-order valence-electron chi connectivity index (χ3n) is 3.01. The Morgan fingerprint density at radius 3 is 1.78 bits per heavy atom. The zero-order valence-corrected chi connectivity index (χ0v) is 11.1. The maximum atomic E-state index is 5.68. The Labute approximate surface area is 109 Å². The van der Waals surface area contributed by atoms with Crippen LogP contribution in [0.2, 0.25) is 0 Å². The third-order valence-corrected chi connectivity index (χ3v) is 3.01. The number of rotatable bonds is 4. The molecular formula is C16H20N2. The maximum absolute atomic E-state index is 5.68. The number of aryl methyl sites for hydroxylation is 1. The van der Waals surface area contributed by atoms with Gasteiger partial charge in [0, 0.05) is 18.8 Å². The van der Waals surface area contributed by atoms with E-state index in [1.165, 1.54) is 16.7 Å². The molecule has 0 radical (unpaired) electrons. The minimum atomic E-state index is 0.819. The van der Waals surface area contributed by atoms with Crippen LogP contribution in [0.5, 0.6) is 0 Å². The van der Waals surface area contributed by atoms with E-state index in [0.29, 0.717) is 0 Å². The van der Waals surface area contributed by atoms with Crippen LogP contribution in [0.1, 0.15) is 16.7 Å². The Bertz CT molecular complexity index is 438. The van der Waals surface area contributed by atoms with Crippen molar-refractivity contribution in [3.8, 4) is 0 Å². The molecular weight excluding hydrogens is 220 g/mol. The SMILES string of the molecule is Cc1ccc(CN(C)Cc2ccc(N)cc2)cc1. The molecule has 0 aliphatic carbocycles. The van der Waals surface area contributed by atoms with Gasteiger partial charge in [-0.25, -0.2) is 0 Å². The normalized spacial score (nSPS) is 10.8. The van der Waals surface area contributed by atoms with Crippen molar-refractivity contribution in [2.75, 3.05) is 12.8 Å². The molecule has 2 rings (SSSR count). The van der Waals surface area contributed by atoms with Crippen LogP contribution in [-0.2, 0) is 13.1 Å². The summed E-state index contributed by atoms with van der Waals surface area (Å²) in [6.45, 7) is 4.01. The van der Waals surface area contributed by atoms with Gasteiger partial charge in [-0.05, 0) is 37.2 Å². The summed E-state index contributed by atoms with van der Waals surface area (Å²) < 4.78 is 0. The van der Waals surface area contributed by atoms with Crippen LogP contribution < -0.4 is 5.73 Å². The quantitative estimate of drug-likeness (QED) is 0.831. The first-order chi connectivity index (χ1) is 8.63. The summed E-state index contributed by atoms with van der Waals surface area (Å²) >= 11 is 0. The van der Waals surface area contributed by atoms with Crippen molar-refractivity contribution in [1.82, 2.24) is 4.90 Å². The van der Waals surface area contributed by atoms with E-state index in [0.717, 1.165) is 18.8 Å². The highest BCUT2D eigenvalue weighted by Gasteiger charge is 2.01. The van der Waals surface area contributed by atoms with E-state index >= 15 is 0 Å². The van der Waals surface area contributed by atoms with Crippen molar-refractivity contribution in [2.24, 2.45) is 0 Å². The highest BCUT2D eigenvalue weighted by molar-refractivity contribution is 5.39. The summed E-state index contributed by atoms with van der Waals surface area (Å²) in [6, 6.07) is 16.8. The second-order valence-corrected chi connectivity index (χ2v) is 4.90. The minimum absolute atomic E-state index is 0.819. The van der Waals surface area contributed by atoms with E-state index in [9.17, 15) is 0 Å². The summed E-state index contributed by atoms with van der Waals surface area (Å²) in [5, 5.41) is 0. The fraction of sp³-hybridized carbons (Fsp3) is 0.250. The van der Waals surface area contributed by atoms with Crippen molar-refractivity contribution >= 4 is 5.69 Å². The number of benzene rings is 2. The predicted octanol–water partition coefficient (Wildman–Crippen LogP) is 3.21. The van der Waals surface area contributed by atoms with E-state index in [1.54, 1.807) is 0 Å². The van der Waals surface area contributed by atoms with Gasteiger partial charge in [0.2, 0.25) is 0 Å². The molecule has 0 heterocycles. The van der Waals surface area contributed by atoms with E-state index in [1.807, 2.05) is 12.1 Å². The standard InChI is InChI=1S/C16H20N2/c1-13-3-5-14(6-4-13)11-18(2)12-15-7-9-16(17)10-8-15/h3-10H,11-12,17H2,1-2H3. The first-order valence-electron chi connectivity index (χ1n) is 6.22. The molecule has 0 atom stereocenters. The molecule has 0 aliphatic heterocycles. The molecule has 0 bridgehead atoms. The maximum Gasteiger partial charge on any atom is 0.0314 e. The number of hydrogen-bond acceptors (Lipinski definition) is 2. The summed E-state index contributed by atoms with van der Waals surface area (Å²) in [6.07, 6.45) is 0. The highest BCUT2D eigenvalue weighted by Crippen LogP contribution is 2.11. The van der Waals surface area contributed by atoms with Gasteiger partial charge in [-0.15, -0.1) is 0 Å². The number of anilines is 1.